The summed E-state index contributed by atoms with van der Waals surface area (Å²) in [5, 5.41) is -0.264. The maximum atomic E-state index is 12.7. The molecule has 2 amide bonds. The van der Waals surface area contributed by atoms with E-state index in [4.69, 9.17) is 5.73 Å². The van der Waals surface area contributed by atoms with Gasteiger partial charge in [-0.3, -0.25) is 19.5 Å². The Bertz CT molecular complexity index is 944. The van der Waals surface area contributed by atoms with Crippen molar-refractivity contribution in [1.29, 1.82) is 0 Å². The highest BCUT2D eigenvalue weighted by Crippen LogP contribution is 2.32. The second kappa shape index (κ2) is 9.36. The molecule has 2 fully saturated rings. The predicted octanol–water partition coefficient (Wildman–Crippen LogP) is 2.33. The largest absolute Gasteiger partial charge is 0.341 e. The van der Waals surface area contributed by atoms with Gasteiger partial charge in [0.25, 0.3) is 11.1 Å². The van der Waals surface area contributed by atoms with E-state index in [-0.39, 0.29) is 11.1 Å². The summed E-state index contributed by atoms with van der Waals surface area (Å²) in [5.41, 5.74) is 7.23. The van der Waals surface area contributed by atoms with Crippen LogP contribution in [0.15, 0.2) is 41.6 Å². The maximum Gasteiger partial charge on any atom is 0.293 e. The molecule has 0 bridgehead atoms. The number of aromatic nitrogens is 3. The highest BCUT2D eigenvalue weighted by atomic mass is 32.2. The molecule has 156 valence electrons. The molecular formula is C21H24N6O2S. The third kappa shape index (κ3) is 4.68. The molecule has 0 spiro atoms. The van der Waals surface area contributed by atoms with Crippen LogP contribution in [0.5, 0.6) is 0 Å². The predicted molar refractivity (Wildman–Crippen MR) is 117 cm³/mol. The molecule has 0 unspecified atom stereocenters. The van der Waals surface area contributed by atoms with Gasteiger partial charge < -0.3 is 10.6 Å². The zero-order chi connectivity index (χ0) is 20.9. The molecule has 4 heterocycles. The molecular weight excluding hydrogens is 400 g/mol. The molecule has 2 saturated heterocycles. The summed E-state index contributed by atoms with van der Waals surface area (Å²) in [7, 11) is 0. The quantitative estimate of drug-likeness (QED) is 0.705. The number of hydrogen-bond donors (Lipinski definition) is 1. The highest BCUT2D eigenvalue weighted by Gasteiger charge is 2.34. The number of imide groups is 1. The SMILES string of the molecule is NCC1CCN(c2nccc(C=C3SC(=O)N(CCc4ccccn4)C3=O)n2)CC1. The number of thioether (sulfide) groups is 1. The van der Waals surface area contributed by atoms with Gasteiger partial charge in [-0.05, 0) is 61.3 Å². The van der Waals surface area contributed by atoms with Gasteiger partial charge in [-0.2, -0.15) is 0 Å². The van der Waals surface area contributed by atoms with Crippen molar-refractivity contribution >= 4 is 34.9 Å². The molecule has 2 N–H and O–H groups in total. The van der Waals surface area contributed by atoms with Crippen LogP contribution in [-0.2, 0) is 11.2 Å². The van der Waals surface area contributed by atoms with Crippen molar-refractivity contribution in [1.82, 2.24) is 19.9 Å². The van der Waals surface area contributed by atoms with Crippen molar-refractivity contribution in [3.05, 3.63) is 53.0 Å². The second-order valence-corrected chi connectivity index (χ2v) is 8.35. The van der Waals surface area contributed by atoms with Crippen LogP contribution in [0.1, 0.15) is 24.2 Å². The molecule has 0 radical (unpaired) electrons. The van der Waals surface area contributed by atoms with E-state index >= 15 is 0 Å². The molecule has 0 saturated carbocycles. The Kier molecular flexibility index (Phi) is 6.39. The third-order valence-corrected chi connectivity index (χ3v) is 6.27. The molecule has 2 aromatic heterocycles. The Balaban J connectivity index is 1.43. The van der Waals surface area contributed by atoms with E-state index in [1.807, 2.05) is 18.2 Å². The van der Waals surface area contributed by atoms with Crippen molar-refractivity contribution in [2.75, 3.05) is 31.1 Å². The first kappa shape index (κ1) is 20.5. The number of nitrogens with zero attached hydrogens (tertiary/aromatic N) is 5. The lowest BCUT2D eigenvalue weighted by atomic mass is 9.97. The number of pyridine rings is 1. The van der Waals surface area contributed by atoms with Gasteiger partial charge >= 0.3 is 0 Å². The first-order valence-corrected chi connectivity index (χ1v) is 10.9. The van der Waals surface area contributed by atoms with Crippen molar-refractivity contribution in [2.24, 2.45) is 11.7 Å². The van der Waals surface area contributed by atoms with Crippen molar-refractivity contribution in [3.63, 3.8) is 0 Å². The molecule has 9 heteroatoms. The second-order valence-electron chi connectivity index (χ2n) is 7.35. The molecule has 4 rings (SSSR count). The lowest BCUT2D eigenvalue weighted by Crippen LogP contribution is -2.37. The van der Waals surface area contributed by atoms with Gasteiger partial charge in [-0.1, -0.05) is 6.07 Å². The average Bonchev–Trinajstić information content (AvgIpc) is 3.05. The summed E-state index contributed by atoms with van der Waals surface area (Å²) in [5.74, 6) is 0.917. The Morgan fingerprint density at radius 1 is 1.13 bits per heavy atom. The van der Waals surface area contributed by atoms with E-state index in [0.29, 0.717) is 42.0 Å². The summed E-state index contributed by atoms with van der Waals surface area (Å²) < 4.78 is 0. The number of anilines is 1. The summed E-state index contributed by atoms with van der Waals surface area (Å²) in [6, 6.07) is 7.36. The minimum Gasteiger partial charge on any atom is -0.341 e. The van der Waals surface area contributed by atoms with Crippen LogP contribution < -0.4 is 10.6 Å². The van der Waals surface area contributed by atoms with Gasteiger partial charge in [-0.25, -0.2) is 9.97 Å². The first-order chi connectivity index (χ1) is 14.6. The van der Waals surface area contributed by atoms with Crippen LogP contribution in [0.2, 0.25) is 0 Å². The summed E-state index contributed by atoms with van der Waals surface area (Å²) in [6.45, 7) is 2.76. The zero-order valence-corrected chi connectivity index (χ0v) is 17.4. The normalized spacial score (nSPS) is 19.2. The van der Waals surface area contributed by atoms with Crippen molar-refractivity contribution in [2.45, 2.75) is 19.3 Å². The van der Waals surface area contributed by atoms with Crippen LogP contribution in [0, 0.1) is 5.92 Å². The number of piperidine rings is 1. The lowest BCUT2D eigenvalue weighted by molar-refractivity contribution is -0.122. The fraction of sp³-hybridized carbons (Fsp3) is 0.381. The Morgan fingerprint density at radius 2 is 1.97 bits per heavy atom. The number of rotatable bonds is 6. The molecule has 2 aliphatic rings. The van der Waals surface area contributed by atoms with E-state index in [1.165, 1.54) is 4.90 Å². The number of carbonyl (C=O) groups is 2. The van der Waals surface area contributed by atoms with E-state index in [2.05, 4.69) is 19.9 Å². The number of amides is 2. The van der Waals surface area contributed by atoms with Crippen LogP contribution in [0.25, 0.3) is 6.08 Å². The Hall–Kier alpha value is -2.78. The highest BCUT2D eigenvalue weighted by molar-refractivity contribution is 8.18. The van der Waals surface area contributed by atoms with Gasteiger partial charge in [0.1, 0.15) is 0 Å². The summed E-state index contributed by atoms with van der Waals surface area (Å²) >= 11 is 0.947. The fourth-order valence-corrected chi connectivity index (χ4v) is 4.41. The smallest absolute Gasteiger partial charge is 0.293 e. The van der Waals surface area contributed by atoms with Crippen LogP contribution in [0.4, 0.5) is 10.7 Å². The third-order valence-electron chi connectivity index (χ3n) is 5.37. The molecule has 0 aliphatic carbocycles. The van der Waals surface area contributed by atoms with Crippen molar-refractivity contribution < 1.29 is 9.59 Å². The minimum absolute atomic E-state index is 0.264. The number of hydrogen-bond acceptors (Lipinski definition) is 8. The summed E-state index contributed by atoms with van der Waals surface area (Å²) in [6.07, 6.45) is 7.65. The minimum atomic E-state index is -0.287. The molecule has 30 heavy (non-hydrogen) atoms. The topological polar surface area (TPSA) is 105 Å². The number of carbonyl (C=O) groups excluding carboxylic acids is 2. The molecule has 2 aliphatic heterocycles. The van der Waals surface area contributed by atoms with Gasteiger partial charge in [0.05, 0.1) is 10.6 Å². The van der Waals surface area contributed by atoms with Crippen molar-refractivity contribution in [3.8, 4) is 0 Å². The van der Waals surface area contributed by atoms with E-state index < -0.39 is 0 Å². The molecule has 0 atom stereocenters. The molecule has 2 aromatic rings. The Labute approximate surface area is 179 Å². The Morgan fingerprint density at radius 3 is 2.70 bits per heavy atom. The molecule has 0 aromatic carbocycles. The van der Waals surface area contributed by atoms with Gasteiger partial charge in [0, 0.05) is 44.1 Å². The maximum absolute atomic E-state index is 12.7. The standard InChI is InChI=1S/C21H24N6O2S/c22-14-15-5-10-26(11-6-15)20-24-9-4-17(25-20)13-18-19(28)27(21(29)30-18)12-7-16-3-1-2-8-23-16/h1-4,8-9,13,15H,5-7,10-12,14,22H2. The van der Waals surface area contributed by atoms with Crippen LogP contribution in [0.3, 0.4) is 0 Å². The summed E-state index contributed by atoms with van der Waals surface area (Å²) in [4.78, 5) is 42.1. The van der Waals surface area contributed by atoms with E-state index in [9.17, 15) is 9.59 Å². The van der Waals surface area contributed by atoms with Gasteiger partial charge in [0.2, 0.25) is 5.95 Å². The molecule has 8 nitrogen and oxygen atoms in total. The average molecular weight is 425 g/mol. The first-order valence-electron chi connectivity index (χ1n) is 10.1. The van der Waals surface area contributed by atoms with Crippen LogP contribution >= 0.6 is 11.8 Å². The van der Waals surface area contributed by atoms with Crippen LogP contribution in [-0.4, -0.2) is 57.2 Å². The lowest BCUT2D eigenvalue weighted by Gasteiger charge is -2.31. The number of nitrogens with two attached hydrogens (primary N) is 1. The monoisotopic (exact) mass is 424 g/mol. The van der Waals surface area contributed by atoms with Gasteiger partial charge in [-0.15, -0.1) is 0 Å². The van der Waals surface area contributed by atoms with E-state index in [0.717, 1.165) is 43.4 Å². The fourth-order valence-electron chi connectivity index (χ4n) is 3.56. The van der Waals surface area contributed by atoms with Gasteiger partial charge in [0.15, 0.2) is 0 Å². The van der Waals surface area contributed by atoms with E-state index in [1.54, 1.807) is 24.5 Å². The zero-order valence-electron chi connectivity index (χ0n) is 16.6.